The second-order valence-electron chi connectivity index (χ2n) is 16.3. The molecule has 0 spiro atoms. The number of nitrogens with zero attached hydrogens (tertiary/aromatic N) is 3. The third kappa shape index (κ3) is 8.00. The number of rotatable bonds is 14. The fraction of sp³-hybridized carbons (Fsp3) is 0.500. The topological polar surface area (TPSA) is 169 Å². The molecule has 7 rings (SSSR count). The lowest BCUT2D eigenvalue weighted by atomic mass is 9.71. The lowest BCUT2D eigenvalue weighted by Crippen LogP contribution is -2.69. The Morgan fingerprint density at radius 1 is 0.967 bits per heavy atom. The maximum Gasteiger partial charge on any atom is 0.311 e. The van der Waals surface area contributed by atoms with Crippen LogP contribution in [0.15, 0.2) is 36.4 Å². The van der Waals surface area contributed by atoms with Crippen LogP contribution < -0.4 is 34.3 Å². The molecule has 2 bridgehead atoms. The number of hydrogen-bond donors (Lipinski definition) is 2. The molecule has 4 aliphatic rings. The van der Waals surface area contributed by atoms with Crippen molar-refractivity contribution in [3.05, 3.63) is 75.3 Å². The highest BCUT2D eigenvalue weighted by Crippen LogP contribution is 2.58. The molecule has 2 amide bonds. The smallest absolute Gasteiger partial charge is 0.311 e. The number of amides is 2. The number of carbonyl (C=O) groups is 4. The van der Waals surface area contributed by atoms with E-state index in [1.54, 1.807) is 14.0 Å². The predicted octanol–water partition coefficient (Wildman–Crippen LogP) is 5.48. The number of ether oxygens (including phenoxy) is 5. The summed E-state index contributed by atoms with van der Waals surface area (Å²) in [6, 6.07) is 11.0. The minimum atomic E-state index is -0.858. The number of likely N-dealkylation sites (N-methyl/N-ethyl adjacent to an activating group) is 1. The minimum absolute atomic E-state index is 0.0234. The summed E-state index contributed by atoms with van der Waals surface area (Å²) in [6.45, 7) is 8.77. The summed E-state index contributed by atoms with van der Waals surface area (Å²) in [4.78, 5) is 57.4. The van der Waals surface area contributed by atoms with Crippen molar-refractivity contribution in [3.8, 4) is 34.8 Å². The van der Waals surface area contributed by atoms with Crippen molar-refractivity contribution in [1.29, 1.82) is 5.26 Å². The summed E-state index contributed by atoms with van der Waals surface area (Å²) >= 11 is 0. The second kappa shape index (κ2) is 17.9. The monoisotopic (exact) mass is 821 g/mol. The summed E-state index contributed by atoms with van der Waals surface area (Å²) in [5.74, 6) is 0.568. The number of unbranched alkanes of at least 4 members (excludes halogenated alkanes) is 2. The molecule has 4 aliphatic heterocycles. The molecular weight excluding hydrogens is 767 g/mol. The van der Waals surface area contributed by atoms with Crippen molar-refractivity contribution in [1.82, 2.24) is 20.4 Å². The van der Waals surface area contributed by atoms with E-state index >= 15 is 0 Å². The number of hydrogen-bond acceptors (Lipinski definition) is 12. The number of aryl methyl sites for hydroxylation is 2. The number of benzene rings is 3. The van der Waals surface area contributed by atoms with E-state index in [4.69, 9.17) is 23.7 Å². The summed E-state index contributed by atoms with van der Waals surface area (Å²) in [6.07, 6.45) is 4.37. The zero-order valence-corrected chi connectivity index (χ0v) is 35.5. The SMILES string of the molecule is CCCCCC(=O)Oc1c(OC)c(C)cc2c1[C@@H]1C3Cc4c(OC(C)=O)c(C)c5c(c4[C@H](CNC(=O)C(C)NC(=O)CCc4ccccc4)N3[C@@H](C#N)[C@H](C2)N1C)OCO5. The van der Waals surface area contributed by atoms with Gasteiger partial charge in [0.25, 0.3) is 0 Å². The van der Waals surface area contributed by atoms with Crippen molar-refractivity contribution in [2.45, 2.75) is 122 Å². The van der Waals surface area contributed by atoms with Gasteiger partial charge in [-0.2, -0.15) is 5.26 Å². The van der Waals surface area contributed by atoms with Crippen LogP contribution in [0, 0.1) is 25.2 Å². The van der Waals surface area contributed by atoms with Gasteiger partial charge >= 0.3 is 11.9 Å². The van der Waals surface area contributed by atoms with E-state index in [0.717, 1.165) is 35.1 Å². The molecule has 0 aliphatic carbocycles. The number of esters is 2. The zero-order valence-electron chi connectivity index (χ0n) is 35.5. The Morgan fingerprint density at radius 2 is 1.72 bits per heavy atom. The van der Waals surface area contributed by atoms with Gasteiger partial charge in [0.15, 0.2) is 23.0 Å². The number of carbonyl (C=O) groups excluding carboxylic acids is 4. The van der Waals surface area contributed by atoms with Gasteiger partial charge in [-0.15, -0.1) is 0 Å². The lowest BCUT2D eigenvalue weighted by Gasteiger charge is -2.60. The van der Waals surface area contributed by atoms with Crippen molar-refractivity contribution in [3.63, 3.8) is 0 Å². The molecule has 6 atom stereocenters. The third-order valence-corrected chi connectivity index (χ3v) is 12.4. The molecule has 3 aromatic rings. The van der Waals surface area contributed by atoms with Gasteiger partial charge in [-0.05, 0) is 70.2 Å². The van der Waals surface area contributed by atoms with Gasteiger partial charge in [0, 0.05) is 60.6 Å². The molecule has 60 heavy (non-hydrogen) atoms. The van der Waals surface area contributed by atoms with Crippen LogP contribution in [-0.4, -0.2) is 85.2 Å². The fourth-order valence-corrected chi connectivity index (χ4v) is 9.70. The molecule has 0 aromatic heterocycles. The zero-order chi connectivity index (χ0) is 42.8. The Kier molecular flexibility index (Phi) is 12.7. The Labute approximate surface area is 351 Å². The Balaban J connectivity index is 1.30. The van der Waals surface area contributed by atoms with E-state index < -0.39 is 42.1 Å². The fourth-order valence-electron chi connectivity index (χ4n) is 9.70. The molecule has 14 heteroatoms. The van der Waals surface area contributed by atoms with Crippen LogP contribution >= 0.6 is 0 Å². The van der Waals surface area contributed by atoms with E-state index in [1.807, 2.05) is 51.2 Å². The van der Waals surface area contributed by atoms with E-state index in [9.17, 15) is 24.4 Å². The maximum atomic E-state index is 13.9. The Morgan fingerprint density at radius 3 is 2.42 bits per heavy atom. The first-order valence-corrected chi connectivity index (χ1v) is 20.9. The van der Waals surface area contributed by atoms with Crippen LogP contribution in [0.2, 0.25) is 0 Å². The summed E-state index contributed by atoms with van der Waals surface area (Å²) in [7, 11) is 3.56. The Bertz CT molecular complexity index is 2200. The molecule has 1 saturated heterocycles. The van der Waals surface area contributed by atoms with Gasteiger partial charge in [0.2, 0.25) is 18.6 Å². The first kappa shape index (κ1) is 42.5. The highest BCUT2D eigenvalue weighted by Gasteiger charge is 2.57. The van der Waals surface area contributed by atoms with Gasteiger partial charge in [-0.25, -0.2) is 0 Å². The number of methoxy groups -OCH3 is 1. The van der Waals surface area contributed by atoms with E-state index in [2.05, 4.69) is 39.5 Å². The average molecular weight is 822 g/mol. The van der Waals surface area contributed by atoms with Crippen molar-refractivity contribution in [2.75, 3.05) is 27.5 Å². The molecule has 1 fully saturated rings. The summed E-state index contributed by atoms with van der Waals surface area (Å²) < 4.78 is 30.4. The summed E-state index contributed by atoms with van der Waals surface area (Å²) in [5, 5.41) is 17.1. The number of nitrogens with one attached hydrogen (secondary N) is 2. The molecule has 2 N–H and O–H groups in total. The molecule has 0 radical (unpaired) electrons. The lowest BCUT2D eigenvalue weighted by molar-refractivity contribution is -0.135. The van der Waals surface area contributed by atoms with Crippen molar-refractivity contribution >= 4 is 23.8 Å². The van der Waals surface area contributed by atoms with Crippen LogP contribution in [0.5, 0.6) is 28.7 Å². The highest BCUT2D eigenvalue weighted by atomic mass is 16.7. The Hall–Kier alpha value is -5.65. The van der Waals surface area contributed by atoms with Gasteiger partial charge < -0.3 is 34.3 Å². The van der Waals surface area contributed by atoms with Gasteiger partial charge in [-0.3, -0.25) is 29.0 Å². The number of piperazine rings is 1. The first-order chi connectivity index (χ1) is 28.9. The number of nitriles is 1. The number of fused-ring (bicyclic) bond motifs is 9. The molecule has 318 valence electrons. The predicted molar refractivity (Wildman–Crippen MR) is 221 cm³/mol. The van der Waals surface area contributed by atoms with E-state index in [1.165, 1.54) is 6.92 Å². The molecule has 3 aromatic carbocycles. The highest BCUT2D eigenvalue weighted by molar-refractivity contribution is 5.87. The molecular formula is C46H55N5O9. The van der Waals surface area contributed by atoms with Gasteiger partial charge in [-0.1, -0.05) is 56.2 Å². The molecule has 4 heterocycles. The molecule has 14 nitrogen and oxygen atoms in total. The average Bonchev–Trinajstić information content (AvgIpc) is 3.72. The van der Waals surface area contributed by atoms with Crippen LogP contribution in [0.4, 0.5) is 0 Å². The third-order valence-electron chi connectivity index (χ3n) is 12.4. The van der Waals surface area contributed by atoms with Crippen molar-refractivity contribution < 1.29 is 42.9 Å². The van der Waals surface area contributed by atoms with E-state index in [0.29, 0.717) is 71.1 Å². The largest absolute Gasteiger partial charge is 0.493 e. The van der Waals surface area contributed by atoms with Gasteiger partial charge in [0.1, 0.15) is 17.8 Å². The van der Waals surface area contributed by atoms with Crippen LogP contribution in [0.3, 0.4) is 0 Å². The first-order valence-electron chi connectivity index (χ1n) is 20.9. The van der Waals surface area contributed by atoms with Gasteiger partial charge in [0.05, 0.1) is 25.3 Å². The van der Waals surface area contributed by atoms with Crippen LogP contribution in [0.1, 0.15) is 104 Å². The minimum Gasteiger partial charge on any atom is -0.493 e. The van der Waals surface area contributed by atoms with E-state index in [-0.39, 0.29) is 44.1 Å². The molecule has 2 unspecified atom stereocenters. The van der Waals surface area contributed by atoms with Crippen LogP contribution in [-0.2, 0) is 38.4 Å². The van der Waals surface area contributed by atoms with Crippen molar-refractivity contribution in [2.24, 2.45) is 0 Å². The standard InChI is InChI=1S/C46H55N5O9/c1-8-9-11-16-37(54)60-45-38-30(19-25(2)41(45)56-7)20-32-34(22-47)51-33(40(38)50(32)6)21-31-39(44-43(57-24-58-44)26(3)42(31)59-28(5)52)35(51)23-48-46(55)27(4)49-36(53)18-17-29-14-12-10-13-15-29/h10,12-15,19,27,32-35,40H,8-9,11,16-18,20-21,23-24H2,1-7H3,(H,48,55)(H,49,53)/t27?,32-,33?,34-,35-,40-/m0/s1. The quantitative estimate of drug-likeness (QED) is 0.120. The van der Waals surface area contributed by atoms with Crippen LogP contribution in [0.25, 0.3) is 0 Å². The second-order valence-corrected chi connectivity index (χ2v) is 16.3. The maximum absolute atomic E-state index is 13.9. The molecule has 0 saturated carbocycles. The normalized spacial score (nSPS) is 21.7. The summed E-state index contributed by atoms with van der Waals surface area (Å²) in [5.41, 5.74) is 5.56.